The maximum Gasteiger partial charge on any atom is 0.119 e. The summed E-state index contributed by atoms with van der Waals surface area (Å²) in [6.07, 6.45) is 0.116. The Hall–Kier alpha value is -1.96. The molecule has 0 heterocycles. The first-order chi connectivity index (χ1) is 10.5. The number of aryl methyl sites for hydroxylation is 2. The molecule has 22 heavy (non-hydrogen) atoms. The van der Waals surface area contributed by atoms with Gasteiger partial charge in [-0.3, -0.25) is 0 Å². The van der Waals surface area contributed by atoms with Gasteiger partial charge in [0.25, 0.3) is 0 Å². The van der Waals surface area contributed by atoms with E-state index in [0.29, 0.717) is 5.92 Å². The smallest absolute Gasteiger partial charge is 0.119 e. The van der Waals surface area contributed by atoms with Crippen LogP contribution < -0.4 is 10.1 Å². The number of benzene rings is 2. The predicted octanol–water partition coefficient (Wildman–Crippen LogP) is 5.31. The standard InChI is InChI=1S/C20H27NO/c1-14(2)18-8-10-19(11-9-18)22-17(5)13-21-20-12-15(3)6-7-16(20)4/h6-12,14,17,21H,13H2,1-5H3/t17-/m0/s1. The summed E-state index contributed by atoms with van der Waals surface area (Å²) in [7, 11) is 0. The predicted molar refractivity (Wildman–Crippen MR) is 95.0 cm³/mol. The molecule has 0 aliphatic rings. The third kappa shape index (κ3) is 4.52. The van der Waals surface area contributed by atoms with E-state index in [0.717, 1.165) is 12.3 Å². The highest BCUT2D eigenvalue weighted by atomic mass is 16.5. The SMILES string of the molecule is Cc1ccc(C)c(NC[C@H](C)Oc2ccc(C(C)C)cc2)c1. The van der Waals surface area contributed by atoms with E-state index in [-0.39, 0.29) is 6.10 Å². The van der Waals surface area contributed by atoms with Crippen molar-refractivity contribution >= 4 is 5.69 Å². The molecule has 118 valence electrons. The average molecular weight is 297 g/mol. The van der Waals surface area contributed by atoms with Crippen molar-refractivity contribution in [1.82, 2.24) is 0 Å². The van der Waals surface area contributed by atoms with Crippen molar-refractivity contribution in [2.75, 3.05) is 11.9 Å². The van der Waals surface area contributed by atoms with Crippen LogP contribution in [0.25, 0.3) is 0 Å². The lowest BCUT2D eigenvalue weighted by atomic mass is 10.0. The number of rotatable bonds is 6. The lowest BCUT2D eigenvalue weighted by molar-refractivity contribution is 0.234. The fourth-order valence-electron chi connectivity index (χ4n) is 2.39. The van der Waals surface area contributed by atoms with Crippen LogP contribution in [0.5, 0.6) is 5.75 Å². The fourth-order valence-corrected chi connectivity index (χ4v) is 2.39. The quantitative estimate of drug-likeness (QED) is 0.780. The second-order valence-corrected chi connectivity index (χ2v) is 6.35. The van der Waals surface area contributed by atoms with E-state index < -0.39 is 0 Å². The molecule has 2 nitrogen and oxygen atoms in total. The molecule has 1 N–H and O–H groups in total. The maximum absolute atomic E-state index is 5.98. The highest BCUT2D eigenvalue weighted by Crippen LogP contribution is 2.20. The Morgan fingerprint density at radius 3 is 2.27 bits per heavy atom. The maximum atomic E-state index is 5.98. The summed E-state index contributed by atoms with van der Waals surface area (Å²) in [5, 5.41) is 3.48. The molecule has 2 aromatic rings. The topological polar surface area (TPSA) is 21.3 Å². The van der Waals surface area contributed by atoms with Crippen LogP contribution in [0.3, 0.4) is 0 Å². The van der Waals surface area contributed by atoms with Gasteiger partial charge in [-0.25, -0.2) is 0 Å². The summed E-state index contributed by atoms with van der Waals surface area (Å²) in [5.41, 5.74) is 5.06. The van der Waals surface area contributed by atoms with E-state index in [1.54, 1.807) is 0 Å². The van der Waals surface area contributed by atoms with Crippen molar-refractivity contribution in [3.05, 3.63) is 59.2 Å². The summed E-state index contributed by atoms with van der Waals surface area (Å²) < 4.78 is 5.98. The van der Waals surface area contributed by atoms with Crippen molar-refractivity contribution < 1.29 is 4.74 Å². The second kappa shape index (κ2) is 7.35. The summed E-state index contributed by atoms with van der Waals surface area (Å²) in [6.45, 7) is 11.5. The summed E-state index contributed by atoms with van der Waals surface area (Å²) in [6, 6.07) is 14.9. The van der Waals surface area contributed by atoms with Gasteiger partial charge < -0.3 is 10.1 Å². The number of hydrogen-bond donors (Lipinski definition) is 1. The van der Waals surface area contributed by atoms with E-state index in [9.17, 15) is 0 Å². The monoisotopic (exact) mass is 297 g/mol. The molecule has 1 atom stereocenters. The Bertz CT molecular complexity index is 602. The molecule has 0 radical (unpaired) electrons. The van der Waals surface area contributed by atoms with Gasteiger partial charge in [0.1, 0.15) is 11.9 Å². The Labute approximate surface area is 134 Å². The van der Waals surface area contributed by atoms with Gasteiger partial charge in [-0.15, -0.1) is 0 Å². The lowest BCUT2D eigenvalue weighted by Crippen LogP contribution is -2.23. The van der Waals surface area contributed by atoms with Crippen LogP contribution in [-0.2, 0) is 0 Å². The molecule has 0 amide bonds. The first-order valence-corrected chi connectivity index (χ1v) is 8.03. The van der Waals surface area contributed by atoms with Gasteiger partial charge in [0.2, 0.25) is 0 Å². The van der Waals surface area contributed by atoms with E-state index in [2.05, 4.69) is 82.4 Å². The number of hydrogen-bond acceptors (Lipinski definition) is 2. The molecule has 2 aromatic carbocycles. The molecular weight excluding hydrogens is 270 g/mol. The highest BCUT2D eigenvalue weighted by Gasteiger charge is 2.06. The zero-order valence-corrected chi connectivity index (χ0v) is 14.3. The molecule has 0 saturated heterocycles. The van der Waals surface area contributed by atoms with Gasteiger partial charge in [-0.2, -0.15) is 0 Å². The largest absolute Gasteiger partial charge is 0.489 e. The Morgan fingerprint density at radius 1 is 0.955 bits per heavy atom. The Morgan fingerprint density at radius 2 is 1.64 bits per heavy atom. The molecule has 0 fully saturated rings. The van der Waals surface area contributed by atoms with Crippen LogP contribution in [0.4, 0.5) is 5.69 Å². The first kappa shape index (κ1) is 16.4. The van der Waals surface area contributed by atoms with Gasteiger partial charge in [-0.05, 0) is 61.6 Å². The van der Waals surface area contributed by atoms with Crippen LogP contribution in [0.2, 0.25) is 0 Å². The molecule has 2 rings (SSSR count). The second-order valence-electron chi connectivity index (χ2n) is 6.35. The van der Waals surface area contributed by atoms with Gasteiger partial charge in [-0.1, -0.05) is 38.1 Å². The Balaban J connectivity index is 1.90. The fraction of sp³-hybridized carbons (Fsp3) is 0.400. The molecule has 0 saturated carbocycles. The molecule has 2 heteroatoms. The molecule has 0 aromatic heterocycles. The lowest BCUT2D eigenvalue weighted by Gasteiger charge is -2.18. The van der Waals surface area contributed by atoms with E-state index >= 15 is 0 Å². The molecule has 0 bridgehead atoms. The highest BCUT2D eigenvalue weighted by molar-refractivity contribution is 5.52. The number of ether oxygens (including phenoxy) is 1. The van der Waals surface area contributed by atoms with E-state index in [1.165, 1.54) is 22.4 Å². The van der Waals surface area contributed by atoms with Crippen molar-refractivity contribution in [2.24, 2.45) is 0 Å². The first-order valence-electron chi connectivity index (χ1n) is 8.03. The van der Waals surface area contributed by atoms with E-state index in [4.69, 9.17) is 4.74 Å². The zero-order chi connectivity index (χ0) is 16.1. The third-order valence-electron chi connectivity index (χ3n) is 3.86. The third-order valence-corrected chi connectivity index (χ3v) is 3.86. The minimum atomic E-state index is 0.116. The molecule has 0 spiro atoms. The summed E-state index contributed by atoms with van der Waals surface area (Å²) in [4.78, 5) is 0. The molecular formula is C20H27NO. The van der Waals surface area contributed by atoms with Crippen molar-refractivity contribution in [3.8, 4) is 5.75 Å². The molecule has 0 aliphatic carbocycles. The van der Waals surface area contributed by atoms with Crippen LogP contribution in [0, 0.1) is 13.8 Å². The van der Waals surface area contributed by atoms with Gasteiger partial charge in [0.05, 0.1) is 6.54 Å². The van der Waals surface area contributed by atoms with Gasteiger partial charge in [0, 0.05) is 5.69 Å². The molecule has 0 aliphatic heterocycles. The summed E-state index contributed by atoms with van der Waals surface area (Å²) >= 11 is 0. The van der Waals surface area contributed by atoms with Crippen LogP contribution in [0.1, 0.15) is 43.4 Å². The van der Waals surface area contributed by atoms with Crippen LogP contribution in [0.15, 0.2) is 42.5 Å². The zero-order valence-electron chi connectivity index (χ0n) is 14.3. The normalized spacial score (nSPS) is 12.3. The molecule has 0 unspecified atom stereocenters. The van der Waals surface area contributed by atoms with Crippen LogP contribution >= 0.6 is 0 Å². The minimum Gasteiger partial charge on any atom is -0.489 e. The van der Waals surface area contributed by atoms with Gasteiger partial charge >= 0.3 is 0 Å². The summed E-state index contributed by atoms with van der Waals surface area (Å²) in [5.74, 6) is 1.48. The number of anilines is 1. The van der Waals surface area contributed by atoms with Crippen molar-refractivity contribution in [2.45, 2.75) is 46.6 Å². The minimum absolute atomic E-state index is 0.116. The van der Waals surface area contributed by atoms with Crippen LogP contribution in [-0.4, -0.2) is 12.6 Å². The van der Waals surface area contributed by atoms with Crippen molar-refractivity contribution in [3.63, 3.8) is 0 Å². The average Bonchev–Trinajstić information content (AvgIpc) is 2.49. The van der Waals surface area contributed by atoms with Crippen molar-refractivity contribution in [1.29, 1.82) is 0 Å². The van der Waals surface area contributed by atoms with E-state index in [1.807, 2.05) is 0 Å². The Kier molecular flexibility index (Phi) is 5.48. The number of nitrogens with one attached hydrogen (secondary N) is 1. The van der Waals surface area contributed by atoms with Gasteiger partial charge in [0.15, 0.2) is 0 Å².